The van der Waals surface area contributed by atoms with Gasteiger partial charge in [0.2, 0.25) is 11.8 Å². The minimum atomic E-state index is -0.578. The molecule has 35 heavy (non-hydrogen) atoms. The van der Waals surface area contributed by atoms with Gasteiger partial charge in [-0.2, -0.15) is 0 Å². The lowest BCUT2D eigenvalue weighted by Gasteiger charge is -2.25. The monoisotopic (exact) mass is 486 g/mol. The topological polar surface area (TPSA) is 87.5 Å². The Morgan fingerprint density at radius 2 is 1.97 bits per heavy atom. The number of aromatic nitrogens is 1. The highest BCUT2D eigenvalue weighted by atomic mass is 32.2. The largest absolute Gasteiger partial charge is 0.361 e. The van der Waals surface area contributed by atoms with Crippen molar-refractivity contribution in [3.05, 3.63) is 83.2 Å². The number of carbonyl (C=O) groups is 2. The van der Waals surface area contributed by atoms with E-state index in [1.54, 1.807) is 16.7 Å². The number of nitrogens with zero attached hydrogens (tertiary/aromatic N) is 2. The number of hydrogen-bond acceptors (Lipinski definition) is 6. The Balaban J connectivity index is 1.48. The second-order valence-corrected chi connectivity index (χ2v) is 9.46. The van der Waals surface area contributed by atoms with Crippen LogP contribution < -0.4 is 15.5 Å². The first-order valence-corrected chi connectivity index (χ1v) is 12.6. The zero-order valence-electron chi connectivity index (χ0n) is 19.6. The molecule has 0 spiro atoms. The van der Waals surface area contributed by atoms with Crippen LogP contribution in [0.25, 0.3) is 11.1 Å². The van der Waals surface area contributed by atoms with Crippen molar-refractivity contribution in [1.29, 1.82) is 0 Å². The van der Waals surface area contributed by atoms with Crippen LogP contribution in [-0.4, -0.2) is 28.8 Å². The summed E-state index contributed by atoms with van der Waals surface area (Å²) < 4.78 is 5.36. The molecule has 1 unspecified atom stereocenters. The summed E-state index contributed by atoms with van der Waals surface area (Å²) in [5, 5.41) is 12.6. The fraction of sp³-hybridized carbons (Fsp3) is 0.222. The first kappa shape index (κ1) is 23.0. The third kappa shape index (κ3) is 4.74. The average molecular weight is 487 g/mol. The van der Waals surface area contributed by atoms with Crippen molar-refractivity contribution in [2.45, 2.75) is 32.7 Å². The first-order chi connectivity index (χ1) is 17.0. The second-order valence-electron chi connectivity index (χ2n) is 8.52. The minimum absolute atomic E-state index is 0.0471. The SMILES string of the molecule is Cc1noc(C)c1-c1ccc(NC2=CCSC=C2)c(NC(=O)C2CCC(=O)N2c2ccccc2)c1. The summed E-state index contributed by atoms with van der Waals surface area (Å²) >= 11 is 1.72. The molecule has 0 radical (unpaired) electrons. The van der Waals surface area contributed by atoms with E-state index >= 15 is 0 Å². The maximum absolute atomic E-state index is 13.5. The third-order valence-electron chi connectivity index (χ3n) is 6.17. The normalized spacial score (nSPS) is 17.4. The summed E-state index contributed by atoms with van der Waals surface area (Å²) in [7, 11) is 0. The Labute approximate surface area is 208 Å². The molecule has 2 aromatic carbocycles. The fourth-order valence-corrected chi connectivity index (χ4v) is 5.13. The third-order valence-corrected chi connectivity index (χ3v) is 6.86. The number of amides is 2. The number of rotatable bonds is 6. The van der Waals surface area contributed by atoms with E-state index in [1.807, 2.05) is 73.9 Å². The van der Waals surface area contributed by atoms with Crippen LogP contribution in [-0.2, 0) is 9.59 Å². The lowest BCUT2D eigenvalue weighted by Crippen LogP contribution is -2.41. The molecule has 0 saturated carbocycles. The molecule has 2 amide bonds. The summed E-state index contributed by atoms with van der Waals surface area (Å²) in [6.07, 6.45) is 4.92. The van der Waals surface area contributed by atoms with Crippen molar-refractivity contribution in [1.82, 2.24) is 5.16 Å². The second kappa shape index (κ2) is 9.84. The molecule has 2 aliphatic rings. The molecule has 2 N–H and O–H groups in total. The average Bonchev–Trinajstić information content (AvgIpc) is 3.42. The highest BCUT2D eigenvalue weighted by Crippen LogP contribution is 2.35. The predicted molar refractivity (Wildman–Crippen MR) is 140 cm³/mol. The van der Waals surface area contributed by atoms with Crippen LogP contribution in [0.2, 0.25) is 0 Å². The Kier molecular flexibility index (Phi) is 6.46. The number of aryl methyl sites for hydroxylation is 2. The lowest BCUT2D eigenvalue weighted by molar-refractivity contribution is -0.120. The van der Waals surface area contributed by atoms with Crippen LogP contribution in [0.4, 0.5) is 17.1 Å². The van der Waals surface area contributed by atoms with E-state index in [9.17, 15) is 9.59 Å². The Morgan fingerprint density at radius 3 is 2.69 bits per heavy atom. The van der Waals surface area contributed by atoms with Gasteiger partial charge < -0.3 is 15.2 Å². The van der Waals surface area contributed by atoms with E-state index in [1.165, 1.54) is 0 Å². The number of benzene rings is 2. The molecule has 1 saturated heterocycles. The Bertz CT molecular complexity index is 1310. The van der Waals surface area contributed by atoms with Crippen molar-refractivity contribution in [3.8, 4) is 11.1 Å². The summed E-state index contributed by atoms with van der Waals surface area (Å²) in [6, 6.07) is 14.6. The van der Waals surface area contributed by atoms with Crippen LogP contribution in [0.3, 0.4) is 0 Å². The van der Waals surface area contributed by atoms with Gasteiger partial charge in [0.05, 0.1) is 17.1 Å². The number of nitrogens with one attached hydrogen (secondary N) is 2. The van der Waals surface area contributed by atoms with Gasteiger partial charge in [0.25, 0.3) is 0 Å². The van der Waals surface area contributed by atoms with Gasteiger partial charge in [0.15, 0.2) is 0 Å². The van der Waals surface area contributed by atoms with E-state index in [4.69, 9.17) is 4.52 Å². The molecule has 1 atom stereocenters. The standard InChI is InChI=1S/C27H26N4O3S/c1-17-26(18(2)34-30-17)19-8-9-22(28-20-12-14-35-15-13-20)23(16-19)29-27(33)24-10-11-25(32)31(24)21-6-4-3-5-7-21/h3-9,12-14,16,24,28H,10-11,15H2,1-2H3,(H,29,33). The predicted octanol–water partition coefficient (Wildman–Crippen LogP) is 5.65. The van der Waals surface area contributed by atoms with E-state index in [0.29, 0.717) is 24.3 Å². The van der Waals surface area contributed by atoms with E-state index < -0.39 is 6.04 Å². The summed E-state index contributed by atoms with van der Waals surface area (Å²) in [4.78, 5) is 27.8. The number of allylic oxidation sites excluding steroid dienone is 1. The zero-order valence-corrected chi connectivity index (χ0v) is 20.4. The van der Waals surface area contributed by atoms with Gasteiger partial charge in [-0.1, -0.05) is 35.5 Å². The van der Waals surface area contributed by atoms with Gasteiger partial charge >= 0.3 is 0 Å². The molecule has 3 heterocycles. The maximum atomic E-state index is 13.5. The maximum Gasteiger partial charge on any atom is 0.247 e. The van der Waals surface area contributed by atoms with Crippen molar-refractivity contribution in [2.75, 3.05) is 21.3 Å². The zero-order chi connectivity index (χ0) is 24.4. The highest BCUT2D eigenvalue weighted by Gasteiger charge is 2.37. The van der Waals surface area contributed by atoms with E-state index in [-0.39, 0.29) is 11.8 Å². The molecular formula is C27H26N4O3S. The van der Waals surface area contributed by atoms with Crippen molar-refractivity contribution in [3.63, 3.8) is 0 Å². The minimum Gasteiger partial charge on any atom is -0.361 e. The molecule has 1 fully saturated rings. The first-order valence-electron chi connectivity index (χ1n) is 11.5. The van der Waals surface area contributed by atoms with Gasteiger partial charge in [-0.25, -0.2) is 0 Å². The van der Waals surface area contributed by atoms with Gasteiger partial charge in [0, 0.05) is 29.1 Å². The summed E-state index contributed by atoms with van der Waals surface area (Å²) in [5.74, 6) is 1.33. The molecule has 178 valence electrons. The molecular weight excluding hydrogens is 460 g/mol. The van der Waals surface area contributed by atoms with Crippen molar-refractivity contribution >= 4 is 40.6 Å². The van der Waals surface area contributed by atoms with Crippen molar-refractivity contribution < 1.29 is 14.1 Å². The van der Waals surface area contributed by atoms with Crippen molar-refractivity contribution in [2.24, 2.45) is 0 Å². The molecule has 5 rings (SSSR count). The van der Waals surface area contributed by atoms with Gasteiger partial charge in [-0.3, -0.25) is 14.5 Å². The molecule has 0 bridgehead atoms. The smallest absolute Gasteiger partial charge is 0.247 e. The lowest BCUT2D eigenvalue weighted by atomic mass is 10.0. The Morgan fingerprint density at radius 1 is 1.14 bits per heavy atom. The number of hydrogen-bond donors (Lipinski definition) is 2. The highest BCUT2D eigenvalue weighted by molar-refractivity contribution is 8.02. The van der Waals surface area contributed by atoms with Gasteiger partial charge in [0.1, 0.15) is 11.8 Å². The van der Waals surface area contributed by atoms with Crippen LogP contribution in [0.1, 0.15) is 24.3 Å². The number of carbonyl (C=O) groups excluding carboxylic acids is 2. The van der Waals surface area contributed by atoms with Gasteiger partial charge in [-0.05, 0) is 61.6 Å². The van der Waals surface area contributed by atoms with Gasteiger partial charge in [-0.15, -0.1) is 11.8 Å². The van der Waals surface area contributed by atoms with E-state index in [0.717, 1.165) is 39.6 Å². The fourth-order valence-electron chi connectivity index (χ4n) is 4.50. The Hall–Kier alpha value is -3.78. The molecule has 1 aromatic heterocycles. The molecule has 0 aliphatic carbocycles. The molecule has 3 aromatic rings. The van der Waals surface area contributed by atoms with Crippen LogP contribution in [0.15, 0.2) is 76.3 Å². The molecule has 8 heteroatoms. The number of thioether (sulfide) groups is 1. The van der Waals surface area contributed by atoms with Crippen LogP contribution in [0, 0.1) is 13.8 Å². The quantitative estimate of drug-likeness (QED) is 0.468. The summed E-state index contributed by atoms with van der Waals surface area (Å²) in [5.41, 5.74) is 5.68. The van der Waals surface area contributed by atoms with Crippen LogP contribution >= 0.6 is 11.8 Å². The number of para-hydroxylation sites is 1. The molecule has 7 nitrogen and oxygen atoms in total. The number of anilines is 3. The van der Waals surface area contributed by atoms with E-state index in [2.05, 4.69) is 21.9 Å². The molecule has 2 aliphatic heterocycles. The summed E-state index contributed by atoms with van der Waals surface area (Å²) in [6.45, 7) is 3.77. The van der Waals surface area contributed by atoms with Crippen LogP contribution in [0.5, 0.6) is 0 Å².